The fourth-order valence-corrected chi connectivity index (χ4v) is 2.13. The van der Waals surface area contributed by atoms with Crippen molar-refractivity contribution in [2.45, 2.75) is 26.2 Å². The van der Waals surface area contributed by atoms with Crippen LogP contribution in [0.15, 0.2) is 22.6 Å². The molecule has 0 radical (unpaired) electrons. The van der Waals surface area contributed by atoms with Gasteiger partial charge in [-0.2, -0.15) is 0 Å². The molecule has 114 valence electrons. The largest absolute Gasteiger partial charge is 0.465 e. The van der Waals surface area contributed by atoms with E-state index < -0.39 is 5.97 Å². The molecule has 5 nitrogen and oxygen atoms in total. The van der Waals surface area contributed by atoms with E-state index >= 15 is 0 Å². The van der Waals surface area contributed by atoms with Gasteiger partial charge in [-0.15, -0.1) is 0 Å². The number of rotatable bonds is 6. The molecule has 1 aromatic rings. The Bertz CT molecular complexity index is 546. The predicted molar refractivity (Wildman–Crippen MR) is 78.5 cm³/mol. The lowest BCUT2D eigenvalue weighted by Gasteiger charge is -2.13. The van der Waals surface area contributed by atoms with Gasteiger partial charge in [-0.3, -0.25) is 9.59 Å². The Kier molecular flexibility index (Phi) is 4.83. The van der Waals surface area contributed by atoms with Crippen molar-refractivity contribution < 1.29 is 18.7 Å². The maximum Gasteiger partial charge on any atom is 0.325 e. The molecule has 2 unspecified atom stereocenters. The Hall–Kier alpha value is -2.04. The summed E-state index contributed by atoms with van der Waals surface area (Å²) >= 11 is 0. The number of ether oxygens (including phenoxy) is 1. The third kappa shape index (κ3) is 4.21. The number of carbonyl (C=O) groups excluding carboxylic acids is 2. The van der Waals surface area contributed by atoms with E-state index in [9.17, 15) is 9.59 Å². The molecule has 0 bridgehead atoms. The van der Waals surface area contributed by atoms with Gasteiger partial charge in [0.1, 0.15) is 18.1 Å². The molecular weight excluding hydrogens is 270 g/mol. The molecule has 1 aliphatic carbocycles. The van der Waals surface area contributed by atoms with Gasteiger partial charge in [0.05, 0.1) is 6.61 Å². The summed E-state index contributed by atoms with van der Waals surface area (Å²) in [6.45, 7) is 4.18. The minimum Gasteiger partial charge on any atom is -0.465 e. The maximum absolute atomic E-state index is 11.9. The lowest BCUT2D eigenvalue weighted by Crippen LogP contribution is -2.31. The first-order chi connectivity index (χ1) is 10.0. The lowest BCUT2D eigenvalue weighted by molar-refractivity contribution is -0.146. The molecule has 2 atom stereocenters. The van der Waals surface area contributed by atoms with Crippen LogP contribution in [0.25, 0.3) is 6.08 Å². The molecule has 1 aromatic heterocycles. The van der Waals surface area contributed by atoms with E-state index in [0.29, 0.717) is 24.2 Å². The van der Waals surface area contributed by atoms with Crippen molar-refractivity contribution in [2.75, 3.05) is 20.2 Å². The van der Waals surface area contributed by atoms with Gasteiger partial charge in [-0.25, -0.2) is 0 Å². The van der Waals surface area contributed by atoms with Gasteiger partial charge < -0.3 is 14.1 Å². The molecule has 0 aliphatic heterocycles. The van der Waals surface area contributed by atoms with E-state index in [4.69, 9.17) is 9.15 Å². The van der Waals surface area contributed by atoms with Gasteiger partial charge in [0, 0.05) is 19.0 Å². The van der Waals surface area contributed by atoms with E-state index in [0.717, 1.165) is 12.2 Å². The van der Waals surface area contributed by atoms with Crippen molar-refractivity contribution in [1.29, 1.82) is 0 Å². The van der Waals surface area contributed by atoms with Crippen LogP contribution in [-0.2, 0) is 14.3 Å². The average molecular weight is 291 g/mol. The van der Waals surface area contributed by atoms with Crippen LogP contribution in [0.3, 0.4) is 0 Å². The van der Waals surface area contributed by atoms with Crippen molar-refractivity contribution in [3.05, 3.63) is 29.7 Å². The number of likely N-dealkylation sites (N-methyl/N-ethyl adjacent to an activating group) is 1. The summed E-state index contributed by atoms with van der Waals surface area (Å²) in [6, 6.07) is 3.82. The number of nitrogens with zero attached hydrogens (tertiary/aromatic N) is 1. The molecule has 1 heterocycles. The predicted octanol–water partition coefficient (Wildman–Crippen LogP) is 2.44. The van der Waals surface area contributed by atoms with E-state index in [-0.39, 0.29) is 12.5 Å². The third-order valence-corrected chi connectivity index (χ3v) is 3.56. The number of hydrogen-bond acceptors (Lipinski definition) is 4. The van der Waals surface area contributed by atoms with Crippen LogP contribution in [-0.4, -0.2) is 37.0 Å². The SMILES string of the molecule is CCOC(=O)CN(C)C(=O)C=Cc1ccc(C2CC2C)o1. The van der Waals surface area contributed by atoms with Gasteiger partial charge in [0.15, 0.2) is 0 Å². The van der Waals surface area contributed by atoms with Crippen LogP contribution >= 0.6 is 0 Å². The first kappa shape index (κ1) is 15.4. The Morgan fingerprint density at radius 3 is 2.81 bits per heavy atom. The zero-order chi connectivity index (χ0) is 15.4. The van der Waals surface area contributed by atoms with Crippen LogP contribution in [0.5, 0.6) is 0 Å². The fourth-order valence-electron chi connectivity index (χ4n) is 2.13. The highest BCUT2D eigenvalue weighted by molar-refractivity contribution is 5.93. The minimum atomic E-state index is -0.412. The van der Waals surface area contributed by atoms with Gasteiger partial charge in [-0.1, -0.05) is 6.92 Å². The van der Waals surface area contributed by atoms with E-state index in [2.05, 4.69) is 6.92 Å². The van der Waals surface area contributed by atoms with E-state index in [1.165, 1.54) is 11.0 Å². The normalized spacial score (nSPS) is 20.5. The van der Waals surface area contributed by atoms with Crippen molar-refractivity contribution in [3.63, 3.8) is 0 Å². The average Bonchev–Trinajstić information content (AvgIpc) is 2.99. The highest BCUT2D eigenvalue weighted by Gasteiger charge is 2.36. The second-order valence-electron chi connectivity index (χ2n) is 5.39. The number of hydrogen-bond donors (Lipinski definition) is 0. The molecule has 1 fully saturated rings. The molecule has 0 aromatic carbocycles. The van der Waals surface area contributed by atoms with Gasteiger partial charge >= 0.3 is 5.97 Å². The maximum atomic E-state index is 11.9. The summed E-state index contributed by atoms with van der Waals surface area (Å²) in [5, 5.41) is 0. The first-order valence-electron chi connectivity index (χ1n) is 7.19. The highest BCUT2D eigenvalue weighted by Crippen LogP contribution is 2.47. The zero-order valence-electron chi connectivity index (χ0n) is 12.7. The third-order valence-electron chi connectivity index (χ3n) is 3.56. The van der Waals surface area contributed by atoms with Gasteiger partial charge in [0.25, 0.3) is 0 Å². The molecule has 0 spiro atoms. The van der Waals surface area contributed by atoms with Crippen LogP contribution in [0.2, 0.25) is 0 Å². The molecule has 0 saturated heterocycles. The summed E-state index contributed by atoms with van der Waals surface area (Å²) in [5.41, 5.74) is 0. The second-order valence-corrected chi connectivity index (χ2v) is 5.39. The monoisotopic (exact) mass is 291 g/mol. The molecule has 1 saturated carbocycles. The van der Waals surface area contributed by atoms with Crippen LogP contribution < -0.4 is 0 Å². The Morgan fingerprint density at radius 1 is 1.48 bits per heavy atom. The lowest BCUT2D eigenvalue weighted by atomic mass is 10.3. The van der Waals surface area contributed by atoms with Crippen molar-refractivity contribution in [3.8, 4) is 0 Å². The topological polar surface area (TPSA) is 59.8 Å². The summed E-state index contributed by atoms with van der Waals surface area (Å²) in [5.74, 6) is 2.17. The number of esters is 1. The van der Waals surface area contributed by atoms with Gasteiger partial charge in [0.2, 0.25) is 5.91 Å². The first-order valence-corrected chi connectivity index (χ1v) is 7.19. The molecule has 0 N–H and O–H groups in total. The smallest absolute Gasteiger partial charge is 0.325 e. The molecule has 1 amide bonds. The molecule has 1 aliphatic rings. The van der Waals surface area contributed by atoms with Crippen LogP contribution in [0.1, 0.15) is 37.7 Å². The van der Waals surface area contributed by atoms with E-state index in [1.807, 2.05) is 12.1 Å². The van der Waals surface area contributed by atoms with E-state index in [1.54, 1.807) is 20.0 Å². The van der Waals surface area contributed by atoms with Crippen molar-refractivity contribution in [2.24, 2.45) is 5.92 Å². The zero-order valence-corrected chi connectivity index (χ0v) is 12.7. The number of amides is 1. The summed E-state index contributed by atoms with van der Waals surface area (Å²) < 4.78 is 10.5. The Balaban J connectivity index is 1.86. The molecule has 21 heavy (non-hydrogen) atoms. The quantitative estimate of drug-likeness (QED) is 0.596. The second kappa shape index (κ2) is 6.61. The summed E-state index contributed by atoms with van der Waals surface area (Å²) in [4.78, 5) is 24.4. The van der Waals surface area contributed by atoms with Crippen molar-refractivity contribution >= 4 is 18.0 Å². The van der Waals surface area contributed by atoms with Crippen LogP contribution in [0, 0.1) is 5.92 Å². The fraction of sp³-hybridized carbons (Fsp3) is 0.500. The van der Waals surface area contributed by atoms with Crippen molar-refractivity contribution in [1.82, 2.24) is 4.90 Å². The standard InChI is InChI=1S/C16H21NO4/c1-4-20-16(19)10-17(3)15(18)8-6-12-5-7-14(21-12)13-9-11(13)2/h5-8,11,13H,4,9-10H2,1-3H3. The molecule has 2 rings (SSSR count). The number of furan rings is 1. The number of carbonyl (C=O) groups is 2. The Labute approximate surface area is 124 Å². The molecular formula is C16H21NO4. The summed E-state index contributed by atoms with van der Waals surface area (Å²) in [7, 11) is 1.56. The minimum absolute atomic E-state index is 0.0555. The Morgan fingerprint density at radius 2 is 2.19 bits per heavy atom. The highest BCUT2D eigenvalue weighted by atomic mass is 16.5. The summed E-state index contributed by atoms with van der Waals surface area (Å²) in [6.07, 6.45) is 4.19. The van der Waals surface area contributed by atoms with Crippen LogP contribution in [0.4, 0.5) is 0 Å². The van der Waals surface area contributed by atoms with Gasteiger partial charge in [-0.05, 0) is 37.5 Å². The molecule has 5 heteroatoms.